The van der Waals surface area contributed by atoms with Crippen molar-refractivity contribution >= 4 is 5.69 Å². The van der Waals surface area contributed by atoms with Crippen molar-refractivity contribution in [2.45, 2.75) is 19.9 Å². The first-order valence-corrected chi connectivity index (χ1v) is 7.34. The van der Waals surface area contributed by atoms with Gasteiger partial charge in [0.15, 0.2) is 0 Å². The van der Waals surface area contributed by atoms with Crippen LogP contribution in [0.3, 0.4) is 0 Å². The van der Waals surface area contributed by atoms with Gasteiger partial charge >= 0.3 is 0 Å². The highest BCUT2D eigenvalue weighted by molar-refractivity contribution is 5.51. The molecule has 0 aromatic heterocycles. The third-order valence-electron chi connectivity index (χ3n) is 3.95. The summed E-state index contributed by atoms with van der Waals surface area (Å²) in [6.07, 6.45) is 0. The van der Waals surface area contributed by atoms with E-state index in [1.54, 1.807) is 0 Å². The van der Waals surface area contributed by atoms with E-state index in [-0.39, 0.29) is 0 Å². The van der Waals surface area contributed by atoms with Crippen molar-refractivity contribution in [1.29, 1.82) is 0 Å². The van der Waals surface area contributed by atoms with Crippen LogP contribution in [0.1, 0.15) is 22.7 Å². The van der Waals surface area contributed by atoms with Crippen molar-refractivity contribution in [3.05, 3.63) is 65.2 Å². The molecule has 0 saturated carbocycles. The Kier molecular flexibility index (Phi) is 3.75. The highest BCUT2D eigenvalue weighted by Crippen LogP contribution is 2.24. The SMILES string of the molecule is Cc1cc(C)cc(N2CCNC(c3ccccc3)C2)c1. The normalized spacial score (nSPS) is 19.1. The molecule has 1 atom stereocenters. The Morgan fingerprint density at radius 3 is 2.40 bits per heavy atom. The Morgan fingerprint density at radius 2 is 1.70 bits per heavy atom. The fraction of sp³-hybridized carbons (Fsp3) is 0.333. The average molecular weight is 266 g/mol. The Labute approximate surface area is 121 Å². The molecule has 1 saturated heterocycles. The summed E-state index contributed by atoms with van der Waals surface area (Å²) in [6.45, 7) is 7.49. The van der Waals surface area contributed by atoms with Crippen LogP contribution >= 0.6 is 0 Å². The van der Waals surface area contributed by atoms with Gasteiger partial charge in [-0.3, -0.25) is 0 Å². The molecule has 2 nitrogen and oxygen atoms in total. The molecular weight excluding hydrogens is 244 g/mol. The van der Waals surface area contributed by atoms with Crippen LogP contribution in [-0.2, 0) is 0 Å². The molecule has 1 aliphatic heterocycles. The summed E-state index contributed by atoms with van der Waals surface area (Å²) in [6, 6.07) is 18.0. The molecule has 1 aliphatic rings. The highest BCUT2D eigenvalue weighted by Gasteiger charge is 2.20. The summed E-state index contributed by atoms with van der Waals surface area (Å²) in [5, 5.41) is 3.62. The molecule has 0 radical (unpaired) electrons. The molecule has 2 aromatic carbocycles. The van der Waals surface area contributed by atoms with E-state index in [9.17, 15) is 0 Å². The molecule has 0 amide bonds. The van der Waals surface area contributed by atoms with E-state index in [1.807, 2.05) is 0 Å². The second-order valence-electron chi connectivity index (χ2n) is 5.71. The van der Waals surface area contributed by atoms with Crippen molar-refractivity contribution in [3.8, 4) is 0 Å². The number of hydrogen-bond donors (Lipinski definition) is 1. The fourth-order valence-electron chi connectivity index (χ4n) is 3.03. The monoisotopic (exact) mass is 266 g/mol. The lowest BCUT2D eigenvalue weighted by Gasteiger charge is -2.36. The Hall–Kier alpha value is -1.80. The van der Waals surface area contributed by atoms with Gasteiger partial charge in [0.1, 0.15) is 0 Å². The first-order valence-electron chi connectivity index (χ1n) is 7.34. The molecule has 0 bridgehead atoms. The molecule has 1 fully saturated rings. The minimum atomic E-state index is 0.422. The van der Waals surface area contributed by atoms with Gasteiger partial charge in [0.05, 0.1) is 0 Å². The zero-order valence-corrected chi connectivity index (χ0v) is 12.3. The van der Waals surface area contributed by atoms with Gasteiger partial charge in [0.2, 0.25) is 0 Å². The third-order valence-corrected chi connectivity index (χ3v) is 3.95. The van der Waals surface area contributed by atoms with Crippen LogP contribution in [0.4, 0.5) is 5.69 Å². The summed E-state index contributed by atoms with van der Waals surface area (Å²) in [7, 11) is 0. The number of benzene rings is 2. The summed E-state index contributed by atoms with van der Waals surface area (Å²) < 4.78 is 0. The van der Waals surface area contributed by atoms with Crippen LogP contribution in [0.5, 0.6) is 0 Å². The molecule has 1 N–H and O–H groups in total. The van der Waals surface area contributed by atoms with Gasteiger partial charge in [-0.25, -0.2) is 0 Å². The van der Waals surface area contributed by atoms with E-state index in [4.69, 9.17) is 0 Å². The van der Waals surface area contributed by atoms with Gasteiger partial charge < -0.3 is 10.2 Å². The van der Waals surface area contributed by atoms with Gasteiger partial charge in [-0.15, -0.1) is 0 Å². The topological polar surface area (TPSA) is 15.3 Å². The predicted octanol–water partition coefficient (Wildman–Crippen LogP) is 3.45. The van der Waals surface area contributed by atoms with E-state index in [0.29, 0.717) is 6.04 Å². The Balaban J connectivity index is 1.81. The summed E-state index contributed by atoms with van der Waals surface area (Å²) in [5.74, 6) is 0. The molecule has 104 valence electrons. The number of piperazine rings is 1. The molecule has 20 heavy (non-hydrogen) atoms. The zero-order valence-electron chi connectivity index (χ0n) is 12.3. The van der Waals surface area contributed by atoms with Crippen molar-refractivity contribution in [1.82, 2.24) is 5.32 Å². The second-order valence-corrected chi connectivity index (χ2v) is 5.71. The number of aryl methyl sites for hydroxylation is 2. The Morgan fingerprint density at radius 1 is 1.00 bits per heavy atom. The maximum Gasteiger partial charge on any atom is 0.0498 e. The van der Waals surface area contributed by atoms with E-state index < -0.39 is 0 Å². The smallest absolute Gasteiger partial charge is 0.0498 e. The van der Waals surface area contributed by atoms with Crippen molar-refractivity contribution in [2.75, 3.05) is 24.5 Å². The minimum Gasteiger partial charge on any atom is -0.368 e. The van der Waals surface area contributed by atoms with Gasteiger partial charge in [-0.1, -0.05) is 36.4 Å². The minimum absolute atomic E-state index is 0.422. The largest absolute Gasteiger partial charge is 0.368 e. The maximum atomic E-state index is 3.62. The van der Waals surface area contributed by atoms with Crippen molar-refractivity contribution in [3.63, 3.8) is 0 Å². The maximum absolute atomic E-state index is 3.62. The highest BCUT2D eigenvalue weighted by atomic mass is 15.2. The van der Waals surface area contributed by atoms with Crippen LogP contribution in [-0.4, -0.2) is 19.6 Å². The van der Waals surface area contributed by atoms with Gasteiger partial charge in [-0.2, -0.15) is 0 Å². The van der Waals surface area contributed by atoms with E-state index in [1.165, 1.54) is 22.4 Å². The molecule has 3 rings (SSSR count). The van der Waals surface area contributed by atoms with E-state index >= 15 is 0 Å². The van der Waals surface area contributed by atoms with Crippen molar-refractivity contribution < 1.29 is 0 Å². The lowest BCUT2D eigenvalue weighted by molar-refractivity contribution is 0.472. The van der Waals surface area contributed by atoms with Crippen LogP contribution < -0.4 is 10.2 Å². The fourth-order valence-corrected chi connectivity index (χ4v) is 3.03. The second kappa shape index (κ2) is 5.68. The first-order chi connectivity index (χ1) is 9.72. The van der Waals surface area contributed by atoms with Gasteiger partial charge in [0.25, 0.3) is 0 Å². The summed E-state index contributed by atoms with van der Waals surface area (Å²) >= 11 is 0. The van der Waals surface area contributed by atoms with Crippen LogP contribution in [0, 0.1) is 13.8 Å². The molecule has 2 heteroatoms. The number of nitrogens with one attached hydrogen (secondary N) is 1. The van der Waals surface area contributed by atoms with Crippen molar-refractivity contribution in [2.24, 2.45) is 0 Å². The molecule has 1 heterocycles. The zero-order chi connectivity index (χ0) is 13.9. The first kappa shape index (κ1) is 13.2. The molecule has 2 aromatic rings. The third kappa shape index (κ3) is 2.86. The summed E-state index contributed by atoms with van der Waals surface area (Å²) in [4.78, 5) is 2.49. The molecule has 0 spiro atoms. The quantitative estimate of drug-likeness (QED) is 0.895. The van der Waals surface area contributed by atoms with Crippen LogP contribution in [0.2, 0.25) is 0 Å². The molecule has 0 aliphatic carbocycles. The van der Waals surface area contributed by atoms with Crippen LogP contribution in [0.15, 0.2) is 48.5 Å². The number of hydrogen-bond acceptors (Lipinski definition) is 2. The number of rotatable bonds is 2. The molecule has 1 unspecified atom stereocenters. The molecular formula is C18H22N2. The lowest BCUT2D eigenvalue weighted by Crippen LogP contribution is -2.45. The standard InChI is InChI=1S/C18H22N2/c1-14-10-15(2)12-17(11-14)20-9-8-19-18(13-20)16-6-4-3-5-7-16/h3-7,10-12,18-19H,8-9,13H2,1-2H3. The number of nitrogens with zero attached hydrogens (tertiary/aromatic N) is 1. The summed E-state index contributed by atoms with van der Waals surface area (Å²) in [5.41, 5.74) is 5.41. The lowest BCUT2D eigenvalue weighted by atomic mass is 10.0. The van der Waals surface area contributed by atoms with Crippen LogP contribution in [0.25, 0.3) is 0 Å². The number of anilines is 1. The Bertz CT molecular complexity index is 557. The average Bonchev–Trinajstić information content (AvgIpc) is 2.47. The van der Waals surface area contributed by atoms with E-state index in [0.717, 1.165) is 19.6 Å². The van der Waals surface area contributed by atoms with Gasteiger partial charge in [0, 0.05) is 31.4 Å². The predicted molar refractivity (Wildman–Crippen MR) is 85.3 cm³/mol. The van der Waals surface area contributed by atoms with Gasteiger partial charge in [-0.05, 0) is 42.7 Å². The van der Waals surface area contributed by atoms with E-state index in [2.05, 4.69) is 72.6 Å².